The molecule has 166 valence electrons. The van der Waals surface area contributed by atoms with E-state index in [0.717, 1.165) is 11.3 Å². The highest BCUT2D eigenvalue weighted by Crippen LogP contribution is 2.22. The topological polar surface area (TPSA) is 95.5 Å². The van der Waals surface area contributed by atoms with Gasteiger partial charge in [0.1, 0.15) is 12.1 Å². The van der Waals surface area contributed by atoms with Crippen LogP contribution in [0.1, 0.15) is 5.56 Å². The van der Waals surface area contributed by atoms with Gasteiger partial charge in [-0.05, 0) is 42.0 Å². The van der Waals surface area contributed by atoms with E-state index in [1.807, 2.05) is 23.1 Å². The largest absolute Gasteiger partial charge is 0.368 e. The molecule has 0 radical (unpaired) electrons. The van der Waals surface area contributed by atoms with E-state index in [2.05, 4.69) is 19.6 Å². The predicted molar refractivity (Wildman–Crippen MR) is 123 cm³/mol. The van der Waals surface area contributed by atoms with Gasteiger partial charge in [0, 0.05) is 43.1 Å². The van der Waals surface area contributed by atoms with Crippen LogP contribution in [0.5, 0.6) is 0 Å². The van der Waals surface area contributed by atoms with Crippen molar-refractivity contribution in [2.24, 2.45) is 0 Å². The van der Waals surface area contributed by atoms with Crippen LogP contribution in [-0.2, 0) is 21.2 Å². The van der Waals surface area contributed by atoms with Crippen LogP contribution in [0, 0.1) is 0 Å². The molecule has 1 saturated heterocycles. The van der Waals surface area contributed by atoms with Crippen molar-refractivity contribution in [3.63, 3.8) is 0 Å². The minimum absolute atomic E-state index is 0.0509. The highest BCUT2D eigenvalue weighted by molar-refractivity contribution is 7.92. The number of carbonyl (C=O) groups excluding carboxylic acids is 1. The summed E-state index contributed by atoms with van der Waals surface area (Å²) in [6, 6.07) is 15.5. The van der Waals surface area contributed by atoms with E-state index in [1.54, 1.807) is 30.3 Å². The second-order valence-corrected chi connectivity index (χ2v) is 9.42. The van der Waals surface area contributed by atoms with Gasteiger partial charge >= 0.3 is 0 Å². The summed E-state index contributed by atoms with van der Waals surface area (Å²) in [4.78, 5) is 24.4. The highest BCUT2D eigenvalue weighted by Gasteiger charge is 2.22. The fraction of sp³-hybridized carbons (Fsp3) is 0.227. The summed E-state index contributed by atoms with van der Waals surface area (Å²) in [6.45, 7) is 2.52. The maximum Gasteiger partial charge on any atom is 0.263 e. The first-order valence-corrected chi connectivity index (χ1v) is 11.9. The Morgan fingerprint density at radius 1 is 1.00 bits per heavy atom. The molecule has 2 aromatic carbocycles. The monoisotopic (exact) mass is 471 g/mol. The van der Waals surface area contributed by atoms with E-state index in [0.29, 0.717) is 31.2 Å². The number of benzene rings is 2. The zero-order chi connectivity index (χ0) is 22.6. The molecule has 1 aromatic heterocycles. The molecule has 1 amide bonds. The van der Waals surface area contributed by atoms with Gasteiger partial charge in [-0.1, -0.05) is 29.8 Å². The highest BCUT2D eigenvalue weighted by atomic mass is 35.5. The molecular formula is C22H22ClN5O3S. The number of hydrogen-bond acceptors (Lipinski definition) is 6. The van der Waals surface area contributed by atoms with Gasteiger partial charge in [0.25, 0.3) is 10.0 Å². The lowest BCUT2D eigenvalue weighted by atomic mass is 10.1. The Bertz CT molecular complexity index is 1180. The van der Waals surface area contributed by atoms with Gasteiger partial charge in [-0.3, -0.25) is 9.52 Å². The molecule has 0 bridgehead atoms. The van der Waals surface area contributed by atoms with Crippen LogP contribution in [0.4, 0.5) is 11.5 Å². The fourth-order valence-electron chi connectivity index (χ4n) is 3.51. The summed E-state index contributed by atoms with van der Waals surface area (Å²) < 4.78 is 27.5. The third kappa shape index (κ3) is 5.17. The number of nitrogens with one attached hydrogen (secondary N) is 1. The maximum atomic E-state index is 12.6. The second-order valence-electron chi connectivity index (χ2n) is 7.33. The molecule has 8 nitrogen and oxygen atoms in total. The van der Waals surface area contributed by atoms with Gasteiger partial charge in [0.15, 0.2) is 0 Å². The van der Waals surface area contributed by atoms with Crippen LogP contribution in [0.2, 0.25) is 5.02 Å². The number of aromatic nitrogens is 2. The zero-order valence-corrected chi connectivity index (χ0v) is 18.8. The molecule has 4 rings (SSSR count). The summed E-state index contributed by atoms with van der Waals surface area (Å²) in [5, 5.41) is 0.601. The maximum absolute atomic E-state index is 12.6. The van der Waals surface area contributed by atoms with Crippen molar-refractivity contribution in [2.45, 2.75) is 11.3 Å². The van der Waals surface area contributed by atoms with Gasteiger partial charge in [0.05, 0.1) is 11.3 Å². The number of rotatable bonds is 6. The fourth-order valence-corrected chi connectivity index (χ4v) is 4.73. The van der Waals surface area contributed by atoms with Crippen molar-refractivity contribution in [1.29, 1.82) is 0 Å². The number of anilines is 2. The van der Waals surface area contributed by atoms with Crippen molar-refractivity contribution in [3.05, 3.63) is 77.7 Å². The minimum Gasteiger partial charge on any atom is -0.368 e. The van der Waals surface area contributed by atoms with Gasteiger partial charge in [-0.25, -0.2) is 18.4 Å². The van der Waals surface area contributed by atoms with Crippen LogP contribution in [-0.4, -0.2) is 55.4 Å². The van der Waals surface area contributed by atoms with Crippen LogP contribution in [0.3, 0.4) is 0 Å². The first kappa shape index (κ1) is 22.0. The van der Waals surface area contributed by atoms with Crippen molar-refractivity contribution in [2.75, 3.05) is 35.8 Å². The number of halogens is 1. The smallest absolute Gasteiger partial charge is 0.263 e. The SMILES string of the molecule is O=C(Cc1ccccc1Cl)N1CCN(c2ccc(S(=O)(=O)Nc3ccncn3)cc2)CC1. The van der Waals surface area contributed by atoms with Crippen LogP contribution >= 0.6 is 11.6 Å². The predicted octanol–water partition coefficient (Wildman–Crippen LogP) is 2.82. The molecule has 0 aliphatic carbocycles. The molecule has 2 heterocycles. The van der Waals surface area contributed by atoms with E-state index in [4.69, 9.17) is 11.6 Å². The number of piperazine rings is 1. The zero-order valence-electron chi connectivity index (χ0n) is 17.2. The first-order chi connectivity index (χ1) is 15.4. The molecule has 1 N–H and O–H groups in total. The van der Waals surface area contributed by atoms with Crippen LogP contribution in [0.15, 0.2) is 72.0 Å². The normalized spacial score (nSPS) is 14.3. The molecule has 1 aliphatic heterocycles. The van der Waals surface area contributed by atoms with Gasteiger partial charge in [0.2, 0.25) is 5.91 Å². The Labute approximate surface area is 191 Å². The summed E-state index contributed by atoms with van der Waals surface area (Å²) in [7, 11) is -3.74. The molecule has 0 unspecified atom stereocenters. The van der Waals surface area contributed by atoms with Crippen molar-refractivity contribution in [3.8, 4) is 0 Å². The molecule has 1 aliphatic rings. The van der Waals surface area contributed by atoms with E-state index >= 15 is 0 Å². The summed E-state index contributed by atoms with van der Waals surface area (Å²) in [5.74, 6) is 0.261. The number of carbonyl (C=O) groups is 1. The molecule has 1 fully saturated rings. The molecular weight excluding hydrogens is 450 g/mol. The van der Waals surface area contributed by atoms with E-state index < -0.39 is 10.0 Å². The Kier molecular flexibility index (Phi) is 6.57. The summed E-state index contributed by atoms with van der Waals surface area (Å²) in [5.41, 5.74) is 1.73. The molecule has 3 aromatic rings. The summed E-state index contributed by atoms with van der Waals surface area (Å²) >= 11 is 6.17. The van der Waals surface area contributed by atoms with E-state index in [9.17, 15) is 13.2 Å². The van der Waals surface area contributed by atoms with Crippen LogP contribution in [0.25, 0.3) is 0 Å². The van der Waals surface area contributed by atoms with Gasteiger partial charge in [-0.15, -0.1) is 0 Å². The third-order valence-corrected chi connectivity index (χ3v) is 7.00. The number of hydrogen-bond donors (Lipinski definition) is 1. The number of amides is 1. The molecule has 0 atom stereocenters. The van der Waals surface area contributed by atoms with Crippen molar-refractivity contribution >= 4 is 39.0 Å². The Morgan fingerprint density at radius 2 is 1.72 bits per heavy atom. The van der Waals surface area contributed by atoms with Gasteiger partial charge in [-0.2, -0.15) is 0 Å². The Morgan fingerprint density at radius 3 is 2.38 bits per heavy atom. The lowest BCUT2D eigenvalue weighted by Crippen LogP contribution is -2.49. The van der Waals surface area contributed by atoms with Gasteiger partial charge < -0.3 is 9.80 Å². The number of nitrogens with zero attached hydrogens (tertiary/aromatic N) is 4. The third-order valence-electron chi connectivity index (χ3n) is 5.26. The Hall–Kier alpha value is -3.17. The molecule has 0 spiro atoms. The lowest BCUT2D eigenvalue weighted by molar-refractivity contribution is -0.130. The van der Waals surface area contributed by atoms with Crippen molar-refractivity contribution < 1.29 is 13.2 Å². The van der Waals surface area contributed by atoms with Crippen LogP contribution < -0.4 is 9.62 Å². The number of sulfonamides is 1. The Balaban J connectivity index is 1.35. The summed E-state index contributed by atoms with van der Waals surface area (Å²) in [6.07, 6.45) is 3.03. The minimum atomic E-state index is -3.74. The molecule has 0 saturated carbocycles. The molecule has 32 heavy (non-hydrogen) atoms. The van der Waals surface area contributed by atoms with E-state index in [1.165, 1.54) is 18.6 Å². The lowest BCUT2D eigenvalue weighted by Gasteiger charge is -2.36. The molecule has 10 heteroatoms. The second kappa shape index (κ2) is 9.54. The average Bonchev–Trinajstić information content (AvgIpc) is 2.81. The van der Waals surface area contributed by atoms with Crippen molar-refractivity contribution in [1.82, 2.24) is 14.9 Å². The van der Waals surface area contributed by atoms with E-state index in [-0.39, 0.29) is 23.0 Å². The average molecular weight is 472 g/mol. The standard InChI is InChI=1S/C22H22ClN5O3S/c23-20-4-2-1-3-17(20)15-22(29)28-13-11-27(12-14-28)18-5-7-19(8-6-18)32(30,31)26-21-9-10-24-16-25-21/h1-10,16H,11-15H2,(H,24,25,26). The first-order valence-electron chi connectivity index (χ1n) is 10.1. The quantitative estimate of drug-likeness (QED) is 0.594.